The van der Waals surface area contributed by atoms with E-state index in [2.05, 4.69) is 16.0 Å². The molecule has 0 unspecified atom stereocenters. The minimum absolute atomic E-state index is 0.0598. The Balaban J connectivity index is 1.85. The maximum Gasteiger partial charge on any atom is 0.418 e. The number of carbonyl (C=O) groups is 3. The molecule has 10 heteroatoms. The molecule has 1 saturated carbocycles. The van der Waals surface area contributed by atoms with Crippen molar-refractivity contribution in [3.63, 3.8) is 0 Å². The predicted molar refractivity (Wildman–Crippen MR) is 101 cm³/mol. The molecule has 0 spiro atoms. The van der Waals surface area contributed by atoms with E-state index >= 15 is 0 Å². The number of urea groups is 1. The van der Waals surface area contributed by atoms with E-state index in [1.165, 1.54) is 17.0 Å². The van der Waals surface area contributed by atoms with E-state index in [0.717, 1.165) is 37.8 Å². The molecule has 4 amide bonds. The van der Waals surface area contributed by atoms with Crippen LogP contribution in [0.25, 0.3) is 0 Å². The van der Waals surface area contributed by atoms with Crippen molar-refractivity contribution in [2.45, 2.75) is 44.8 Å². The number of rotatable bonds is 7. The predicted octanol–water partition coefficient (Wildman–Crippen LogP) is 2.73. The van der Waals surface area contributed by atoms with Gasteiger partial charge in [-0.3, -0.25) is 19.8 Å². The fourth-order valence-electron chi connectivity index (χ4n) is 3.17. The topological polar surface area (TPSA) is 90.5 Å². The van der Waals surface area contributed by atoms with Crippen LogP contribution in [0, 0.1) is 0 Å². The van der Waals surface area contributed by atoms with Crippen molar-refractivity contribution < 1.29 is 27.6 Å². The summed E-state index contributed by atoms with van der Waals surface area (Å²) in [5, 5.41) is 7.16. The van der Waals surface area contributed by atoms with Crippen LogP contribution in [-0.4, -0.2) is 48.4 Å². The first kappa shape index (κ1) is 22.7. The van der Waals surface area contributed by atoms with Gasteiger partial charge in [0.15, 0.2) is 0 Å². The van der Waals surface area contributed by atoms with Gasteiger partial charge in [-0.25, -0.2) is 4.79 Å². The first-order valence-corrected chi connectivity index (χ1v) is 9.47. The highest BCUT2D eigenvalue weighted by Gasteiger charge is 2.33. The molecule has 1 aliphatic rings. The van der Waals surface area contributed by atoms with Crippen LogP contribution in [0.1, 0.15) is 38.2 Å². The van der Waals surface area contributed by atoms with E-state index < -0.39 is 29.6 Å². The Bertz CT molecular complexity index is 734. The van der Waals surface area contributed by atoms with E-state index in [4.69, 9.17) is 0 Å². The molecule has 1 fully saturated rings. The van der Waals surface area contributed by atoms with Crippen LogP contribution in [0.15, 0.2) is 24.3 Å². The lowest BCUT2D eigenvalue weighted by atomic mass is 10.1. The summed E-state index contributed by atoms with van der Waals surface area (Å²) in [5.41, 5.74) is -1.29. The number of likely N-dealkylation sites (N-methyl/N-ethyl adjacent to an activating group) is 1. The monoisotopic (exact) mass is 414 g/mol. The van der Waals surface area contributed by atoms with Crippen LogP contribution in [0.4, 0.5) is 23.7 Å². The highest BCUT2D eigenvalue weighted by atomic mass is 19.4. The van der Waals surface area contributed by atoms with Gasteiger partial charge in [0.2, 0.25) is 11.8 Å². The third-order valence-corrected chi connectivity index (χ3v) is 4.63. The maximum absolute atomic E-state index is 13.0. The number of hydrogen-bond acceptors (Lipinski definition) is 4. The summed E-state index contributed by atoms with van der Waals surface area (Å²) in [4.78, 5) is 37.4. The fourth-order valence-corrected chi connectivity index (χ4v) is 3.17. The van der Waals surface area contributed by atoms with Crippen molar-refractivity contribution in [2.75, 3.05) is 25.0 Å². The number of nitrogens with one attached hydrogen (secondary N) is 3. The van der Waals surface area contributed by atoms with E-state index in [0.29, 0.717) is 6.54 Å². The van der Waals surface area contributed by atoms with E-state index in [9.17, 15) is 27.6 Å². The van der Waals surface area contributed by atoms with Crippen LogP contribution in [-0.2, 0) is 15.8 Å². The number of imide groups is 1. The van der Waals surface area contributed by atoms with Crippen LogP contribution in [0.2, 0.25) is 0 Å². The summed E-state index contributed by atoms with van der Waals surface area (Å²) in [6.45, 7) is 1.47. The number of alkyl halides is 3. The second-order valence-electron chi connectivity index (χ2n) is 6.90. The van der Waals surface area contributed by atoms with Gasteiger partial charge in [-0.15, -0.1) is 0 Å². The van der Waals surface area contributed by atoms with Crippen LogP contribution in [0.5, 0.6) is 0 Å². The van der Waals surface area contributed by atoms with Crippen LogP contribution in [0.3, 0.4) is 0 Å². The highest BCUT2D eigenvalue weighted by Crippen LogP contribution is 2.34. The molecule has 0 bridgehead atoms. The van der Waals surface area contributed by atoms with Crippen LogP contribution < -0.4 is 16.0 Å². The zero-order valence-corrected chi connectivity index (χ0v) is 16.1. The van der Waals surface area contributed by atoms with Crippen molar-refractivity contribution in [3.05, 3.63) is 29.8 Å². The van der Waals surface area contributed by atoms with E-state index in [1.807, 2.05) is 0 Å². The average Bonchev–Trinajstić information content (AvgIpc) is 3.13. The Labute approximate surface area is 167 Å². The minimum atomic E-state index is -4.60. The lowest BCUT2D eigenvalue weighted by Crippen LogP contribution is -2.48. The number of nitrogens with zero attached hydrogens (tertiary/aromatic N) is 1. The number of anilines is 1. The van der Waals surface area contributed by atoms with Gasteiger partial charge < -0.3 is 10.6 Å². The smallest absolute Gasteiger partial charge is 0.335 e. The van der Waals surface area contributed by atoms with Crippen molar-refractivity contribution in [1.29, 1.82) is 0 Å². The zero-order valence-electron chi connectivity index (χ0n) is 16.1. The summed E-state index contributed by atoms with van der Waals surface area (Å²) in [5.74, 6) is -1.28. The molecule has 160 valence electrons. The number of para-hydroxylation sites is 1. The van der Waals surface area contributed by atoms with Crippen LogP contribution >= 0.6 is 0 Å². The van der Waals surface area contributed by atoms with Gasteiger partial charge in [-0.05, 0) is 31.5 Å². The second-order valence-corrected chi connectivity index (χ2v) is 6.90. The molecule has 0 radical (unpaired) electrons. The van der Waals surface area contributed by atoms with Gasteiger partial charge in [-0.1, -0.05) is 31.9 Å². The molecule has 0 aliphatic heterocycles. The van der Waals surface area contributed by atoms with Gasteiger partial charge in [0.25, 0.3) is 0 Å². The lowest BCUT2D eigenvalue weighted by molar-refractivity contribution is -0.137. The van der Waals surface area contributed by atoms with Crippen molar-refractivity contribution in [3.8, 4) is 0 Å². The first-order valence-electron chi connectivity index (χ1n) is 9.47. The molecule has 3 N–H and O–H groups in total. The summed E-state index contributed by atoms with van der Waals surface area (Å²) < 4.78 is 39.0. The molecule has 1 aromatic carbocycles. The molecule has 0 aromatic heterocycles. The van der Waals surface area contributed by atoms with Crippen molar-refractivity contribution >= 4 is 23.5 Å². The maximum atomic E-state index is 13.0. The molecular weight excluding hydrogens is 389 g/mol. The Morgan fingerprint density at radius 2 is 1.69 bits per heavy atom. The van der Waals surface area contributed by atoms with Gasteiger partial charge in [0.05, 0.1) is 24.3 Å². The molecule has 0 atom stereocenters. The largest absolute Gasteiger partial charge is 0.418 e. The Morgan fingerprint density at radius 3 is 2.31 bits per heavy atom. The minimum Gasteiger partial charge on any atom is -0.335 e. The lowest BCUT2D eigenvalue weighted by Gasteiger charge is -2.20. The third kappa shape index (κ3) is 7.37. The number of hydrogen-bond donors (Lipinski definition) is 3. The fraction of sp³-hybridized carbons (Fsp3) is 0.526. The number of benzene rings is 1. The molecule has 2 rings (SSSR count). The molecule has 0 saturated heterocycles. The zero-order chi connectivity index (χ0) is 21.4. The highest BCUT2D eigenvalue weighted by molar-refractivity contribution is 5.96. The standard InChI is InChI=1S/C19H25F3N4O3/c1-2-26(12-17(28)25-18(29)23-13-7-3-4-8-13)11-16(27)24-15-10-6-5-9-14(15)19(20,21)22/h5-6,9-10,13H,2-4,7-8,11-12H2,1H3,(H,24,27)(H2,23,25,28,29). The average molecular weight is 414 g/mol. The van der Waals surface area contributed by atoms with Crippen molar-refractivity contribution in [1.82, 2.24) is 15.5 Å². The summed E-state index contributed by atoms with van der Waals surface area (Å²) >= 11 is 0. The quantitative estimate of drug-likeness (QED) is 0.640. The third-order valence-electron chi connectivity index (χ3n) is 4.63. The normalized spacial score (nSPS) is 14.7. The SMILES string of the molecule is CCN(CC(=O)NC(=O)NC1CCCC1)CC(=O)Nc1ccccc1C(F)(F)F. The molecule has 7 nitrogen and oxygen atoms in total. The Hall–Kier alpha value is -2.62. The molecule has 1 aromatic rings. The van der Waals surface area contributed by atoms with Gasteiger partial charge in [0, 0.05) is 6.04 Å². The summed E-state index contributed by atoms with van der Waals surface area (Å²) in [6.07, 6.45) is -0.768. The van der Waals surface area contributed by atoms with Gasteiger partial charge >= 0.3 is 12.2 Å². The summed E-state index contributed by atoms with van der Waals surface area (Å²) in [6, 6.07) is 4.14. The molecule has 29 heavy (non-hydrogen) atoms. The summed E-state index contributed by atoms with van der Waals surface area (Å²) in [7, 11) is 0. The van der Waals surface area contributed by atoms with Crippen molar-refractivity contribution in [2.24, 2.45) is 0 Å². The van der Waals surface area contributed by atoms with E-state index in [1.54, 1.807) is 6.92 Å². The number of halogens is 3. The second kappa shape index (κ2) is 10.2. The first-order chi connectivity index (χ1) is 13.7. The molecule has 0 heterocycles. The van der Waals surface area contributed by atoms with Gasteiger partial charge in [0.1, 0.15) is 0 Å². The van der Waals surface area contributed by atoms with E-state index in [-0.39, 0.29) is 24.8 Å². The molecular formula is C19H25F3N4O3. The molecule has 1 aliphatic carbocycles. The van der Waals surface area contributed by atoms with Gasteiger partial charge in [-0.2, -0.15) is 13.2 Å². The Morgan fingerprint density at radius 1 is 1.07 bits per heavy atom. The number of amides is 4. The Kier molecular flexibility index (Phi) is 8.00. The number of carbonyl (C=O) groups excluding carboxylic acids is 3.